The van der Waals surface area contributed by atoms with Crippen molar-refractivity contribution in [2.45, 2.75) is 0 Å². The van der Waals surface area contributed by atoms with E-state index in [4.69, 9.17) is 4.74 Å². The predicted octanol–water partition coefficient (Wildman–Crippen LogP) is 2.44. The first-order chi connectivity index (χ1) is 10.8. The van der Waals surface area contributed by atoms with Gasteiger partial charge < -0.3 is 15.0 Å². The molecular weight excluding hydrogens is 280 g/mol. The smallest absolute Gasteiger partial charge is 0.260 e. The minimum Gasteiger partial charge on any atom is -0.365 e. The number of allylic oxidation sites excluding steroid dienone is 3. The van der Waals surface area contributed by atoms with Crippen LogP contribution in [0.5, 0.6) is 0 Å². The van der Waals surface area contributed by atoms with Crippen molar-refractivity contribution >= 4 is 24.0 Å². The van der Waals surface area contributed by atoms with Gasteiger partial charge in [-0.1, -0.05) is 30.4 Å². The number of rotatable bonds is 6. The standard InChI is InChI=1S/C17H18N2O3/c1-22-13-18-15-9-5-7-14(8-6-12-20)16(15)17(21)19-10-3-2-4-11-19/h2-10,12,18H,11,13H2,1H3/b8-6+. The molecule has 5 heteroatoms. The van der Waals surface area contributed by atoms with Crippen molar-refractivity contribution in [1.29, 1.82) is 0 Å². The highest BCUT2D eigenvalue weighted by Gasteiger charge is 2.20. The highest BCUT2D eigenvalue weighted by atomic mass is 16.5. The second-order valence-corrected chi connectivity index (χ2v) is 4.60. The van der Waals surface area contributed by atoms with Crippen LogP contribution in [0.25, 0.3) is 6.08 Å². The number of aldehydes is 1. The molecule has 0 spiro atoms. The van der Waals surface area contributed by atoms with Crippen LogP contribution in [0.3, 0.4) is 0 Å². The van der Waals surface area contributed by atoms with Crippen LogP contribution in [0.15, 0.2) is 48.7 Å². The van der Waals surface area contributed by atoms with Crippen LogP contribution in [-0.4, -0.2) is 37.5 Å². The molecule has 1 aromatic rings. The largest absolute Gasteiger partial charge is 0.365 e. The number of methoxy groups -OCH3 is 1. The minimum absolute atomic E-state index is 0.134. The van der Waals surface area contributed by atoms with Gasteiger partial charge in [0.2, 0.25) is 0 Å². The van der Waals surface area contributed by atoms with Crippen LogP contribution in [0.1, 0.15) is 15.9 Å². The van der Waals surface area contributed by atoms with Crippen molar-refractivity contribution in [2.75, 3.05) is 25.7 Å². The van der Waals surface area contributed by atoms with E-state index >= 15 is 0 Å². The summed E-state index contributed by atoms with van der Waals surface area (Å²) in [6.07, 6.45) is 11.0. The lowest BCUT2D eigenvalue weighted by atomic mass is 10.0. The van der Waals surface area contributed by atoms with E-state index in [-0.39, 0.29) is 12.6 Å². The third-order valence-electron chi connectivity index (χ3n) is 3.15. The Kier molecular flexibility index (Phi) is 5.68. The second kappa shape index (κ2) is 7.95. The highest BCUT2D eigenvalue weighted by Crippen LogP contribution is 2.24. The van der Waals surface area contributed by atoms with Crippen LogP contribution < -0.4 is 5.32 Å². The third-order valence-corrected chi connectivity index (χ3v) is 3.15. The van der Waals surface area contributed by atoms with Gasteiger partial charge >= 0.3 is 0 Å². The quantitative estimate of drug-likeness (QED) is 0.498. The van der Waals surface area contributed by atoms with Crippen molar-refractivity contribution in [3.63, 3.8) is 0 Å². The molecule has 1 N–H and O–H groups in total. The maximum absolute atomic E-state index is 12.8. The van der Waals surface area contributed by atoms with Gasteiger partial charge in [-0.15, -0.1) is 0 Å². The Balaban J connectivity index is 2.41. The fourth-order valence-corrected chi connectivity index (χ4v) is 2.15. The van der Waals surface area contributed by atoms with Crippen LogP contribution in [-0.2, 0) is 9.53 Å². The Hall–Kier alpha value is -2.66. The van der Waals surface area contributed by atoms with E-state index in [1.165, 1.54) is 6.08 Å². The lowest BCUT2D eigenvalue weighted by Crippen LogP contribution is -2.28. The van der Waals surface area contributed by atoms with Crippen LogP contribution in [0.2, 0.25) is 0 Å². The van der Waals surface area contributed by atoms with Crippen molar-refractivity contribution in [3.8, 4) is 0 Å². The molecule has 5 nitrogen and oxygen atoms in total. The molecule has 0 aromatic heterocycles. The van der Waals surface area contributed by atoms with Crippen molar-refractivity contribution < 1.29 is 14.3 Å². The van der Waals surface area contributed by atoms with E-state index in [9.17, 15) is 9.59 Å². The van der Waals surface area contributed by atoms with Crippen LogP contribution >= 0.6 is 0 Å². The molecule has 1 aromatic carbocycles. The number of carbonyl (C=O) groups is 2. The van der Waals surface area contributed by atoms with Gasteiger partial charge in [-0.05, 0) is 23.8 Å². The lowest BCUT2D eigenvalue weighted by Gasteiger charge is -2.22. The Labute approximate surface area is 129 Å². The monoisotopic (exact) mass is 298 g/mol. The van der Waals surface area contributed by atoms with E-state index in [1.54, 1.807) is 30.4 Å². The summed E-state index contributed by atoms with van der Waals surface area (Å²) in [5, 5.41) is 3.07. The van der Waals surface area contributed by atoms with Crippen molar-refractivity contribution in [2.24, 2.45) is 0 Å². The highest BCUT2D eigenvalue weighted by molar-refractivity contribution is 6.04. The number of benzene rings is 1. The average Bonchev–Trinajstić information content (AvgIpc) is 2.58. The van der Waals surface area contributed by atoms with Gasteiger partial charge in [0.05, 0.1) is 5.56 Å². The molecule has 0 radical (unpaired) electrons. The van der Waals surface area contributed by atoms with Gasteiger partial charge in [0.25, 0.3) is 5.91 Å². The molecule has 0 saturated heterocycles. The average molecular weight is 298 g/mol. The van der Waals surface area contributed by atoms with Gasteiger partial charge in [-0.3, -0.25) is 9.59 Å². The van der Waals surface area contributed by atoms with Crippen LogP contribution in [0.4, 0.5) is 5.69 Å². The molecule has 0 fully saturated rings. The van der Waals surface area contributed by atoms with E-state index in [0.29, 0.717) is 29.6 Å². The normalized spacial score (nSPS) is 13.6. The summed E-state index contributed by atoms with van der Waals surface area (Å²) in [6, 6.07) is 5.44. The van der Waals surface area contributed by atoms with E-state index in [1.807, 2.05) is 30.4 Å². The van der Waals surface area contributed by atoms with Gasteiger partial charge in [0, 0.05) is 25.5 Å². The Bertz CT molecular complexity index is 633. The summed E-state index contributed by atoms with van der Waals surface area (Å²) >= 11 is 0. The molecule has 0 saturated carbocycles. The molecule has 1 aliphatic heterocycles. The first-order valence-electron chi connectivity index (χ1n) is 6.90. The molecule has 2 rings (SSSR count). The van der Waals surface area contributed by atoms with Crippen LogP contribution in [0, 0.1) is 0 Å². The first kappa shape index (κ1) is 15.7. The number of nitrogens with one attached hydrogen (secondary N) is 1. The molecule has 0 unspecified atom stereocenters. The fourth-order valence-electron chi connectivity index (χ4n) is 2.15. The zero-order valence-corrected chi connectivity index (χ0v) is 12.4. The summed E-state index contributed by atoms with van der Waals surface area (Å²) in [6.45, 7) is 0.807. The van der Waals surface area contributed by atoms with Crippen molar-refractivity contribution in [3.05, 3.63) is 59.8 Å². The topological polar surface area (TPSA) is 58.6 Å². The molecule has 114 valence electrons. The molecule has 0 bridgehead atoms. The number of hydrogen-bond acceptors (Lipinski definition) is 4. The van der Waals surface area contributed by atoms with Crippen molar-refractivity contribution in [1.82, 2.24) is 4.90 Å². The molecule has 22 heavy (non-hydrogen) atoms. The summed E-state index contributed by atoms with van der Waals surface area (Å²) in [4.78, 5) is 25.0. The summed E-state index contributed by atoms with van der Waals surface area (Å²) in [5.41, 5.74) is 1.86. The van der Waals surface area contributed by atoms with E-state index in [2.05, 4.69) is 5.32 Å². The maximum atomic E-state index is 12.8. The molecule has 1 aliphatic rings. The first-order valence-corrected chi connectivity index (χ1v) is 6.90. The third kappa shape index (κ3) is 3.71. The molecule has 1 amide bonds. The zero-order valence-electron chi connectivity index (χ0n) is 12.4. The van der Waals surface area contributed by atoms with Gasteiger partial charge in [0.15, 0.2) is 0 Å². The summed E-state index contributed by atoms with van der Waals surface area (Å²) < 4.78 is 5.01. The molecule has 0 atom stereocenters. The number of anilines is 1. The van der Waals surface area contributed by atoms with Gasteiger partial charge in [0.1, 0.15) is 13.0 Å². The Morgan fingerprint density at radius 3 is 2.95 bits per heavy atom. The SMILES string of the molecule is COCNc1cccc(/C=C/C=O)c1C(=O)N1C=CC=CC1. The molecular formula is C17H18N2O3. The van der Waals surface area contributed by atoms with Gasteiger partial charge in [-0.25, -0.2) is 0 Å². The number of nitrogens with zero attached hydrogens (tertiary/aromatic N) is 1. The Morgan fingerprint density at radius 1 is 1.41 bits per heavy atom. The number of hydrogen-bond donors (Lipinski definition) is 1. The predicted molar refractivity (Wildman–Crippen MR) is 86.4 cm³/mol. The summed E-state index contributed by atoms with van der Waals surface area (Å²) in [7, 11) is 1.57. The second-order valence-electron chi connectivity index (χ2n) is 4.60. The number of amides is 1. The fraction of sp³-hybridized carbons (Fsp3) is 0.176. The maximum Gasteiger partial charge on any atom is 0.260 e. The summed E-state index contributed by atoms with van der Waals surface area (Å²) in [5.74, 6) is -0.134. The zero-order chi connectivity index (χ0) is 15.8. The van der Waals surface area contributed by atoms with E-state index in [0.717, 1.165) is 0 Å². The minimum atomic E-state index is -0.134. The number of ether oxygens (including phenoxy) is 1. The Morgan fingerprint density at radius 2 is 2.27 bits per heavy atom. The molecule has 0 aliphatic carbocycles. The molecule has 1 heterocycles. The number of carbonyl (C=O) groups excluding carboxylic acids is 2. The van der Waals surface area contributed by atoms with E-state index < -0.39 is 0 Å². The van der Waals surface area contributed by atoms with Gasteiger partial charge in [-0.2, -0.15) is 0 Å². The lowest BCUT2D eigenvalue weighted by molar-refractivity contribution is -0.104.